The van der Waals surface area contributed by atoms with Gasteiger partial charge in [0.2, 0.25) is 11.1 Å². The Morgan fingerprint density at radius 3 is 2.74 bits per heavy atom. The number of tetrazole rings is 1. The number of fused-ring (bicyclic) bond motifs is 1. The molecular weight excluding hydrogens is 359 g/mol. The molecule has 0 bridgehead atoms. The minimum Gasteiger partial charge on any atom is -0.731 e. The van der Waals surface area contributed by atoms with Crippen LogP contribution < -0.4 is 29.6 Å². The zero-order chi connectivity index (χ0) is 16.1. The molecule has 3 rings (SSSR count). The fourth-order valence-electron chi connectivity index (χ4n) is 2.64. The molecule has 23 heavy (non-hydrogen) atoms. The second-order valence-corrected chi connectivity index (χ2v) is 7.04. The van der Waals surface area contributed by atoms with Crippen molar-refractivity contribution in [2.75, 3.05) is 12.3 Å². The van der Waals surface area contributed by atoms with Crippen LogP contribution in [0.25, 0.3) is 0 Å². The van der Waals surface area contributed by atoms with E-state index in [9.17, 15) is 22.6 Å². The molecule has 14 heteroatoms. The van der Waals surface area contributed by atoms with Gasteiger partial charge >= 0.3 is 29.6 Å². The van der Waals surface area contributed by atoms with E-state index in [0.29, 0.717) is 9.46 Å². The zero-order valence-electron chi connectivity index (χ0n) is 12.3. The van der Waals surface area contributed by atoms with Gasteiger partial charge in [0.05, 0.1) is 11.8 Å². The largest absolute Gasteiger partial charge is 1.00 e. The Kier molecular flexibility index (Phi) is 5.37. The number of β-lactam (4-membered cyclic amide) rings is 1. The van der Waals surface area contributed by atoms with Crippen LogP contribution in [0.4, 0.5) is 0 Å². The summed E-state index contributed by atoms with van der Waals surface area (Å²) in [7, 11) is -3.18. The third kappa shape index (κ3) is 3.25. The quantitative estimate of drug-likeness (QED) is 0.220. The van der Waals surface area contributed by atoms with Gasteiger partial charge in [0.15, 0.2) is 10.3 Å². The van der Waals surface area contributed by atoms with Gasteiger partial charge in [-0.25, -0.2) is 17.4 Å². The van der Waals surface area contributed by atoms with Gasteiger partial charge in [-0.2, -0.15) is 0 Å². The number of nitrogens with zero attached hydrogens (tertiary/aromatic N) is 6. The molecule has 11 nitrogen and oxygen atoms in total. The topological polar surface area (TPSA) is 141 Å². The summed E-state index contributed by atoms with van der Waals surface area (Å²) in [5, 5.41) is 11.2. The average molecular weight is 370 g/mol. The minimum absolute atomic E-state index is 0. The molecule has 2 atom stereocenters. The van der Waals surface area contributed by atoms with Gasteiger partial charge in [-0.05, 0) is 16.8 Å². The monoisotopic (exact) mass is 370 g/mol. The molecule has 0 saturated carbocycles. The van der Waals surface area contributed by atoms with Crippen LogP contribution in [0.15, 0.2) is 5.16 Å². The zero-order valence-corrected chi connectivity index (χ0v) is 16.0. The van der Waals surface area contributed by atoms with E-state index in [1.54, 1.807) is 7.05 Å². The van der Waals surface area contributed by atoms with Crippen LogP contribution in [0, 0.1) is 0 Å². The van der Waals surface area contributed by atoms with Crippen molar-refractivity contribution in [2.45, 2.75) is 23.7 Å². The van der Waals surface area contributed by atoms with E-state index in [1.165, 1.54) is 9.58 Å². The van der Waals surface area contributed by atoms with Crippen LogP contribution >= 0.6 is 11.8 Å². The Bertz CT molecular complexity index is 739. The Hall–Kier alpha value is -0.730. The number of hydrogen-bond acceptors (Lipinski definition) is 9. The van der Waals surface area contributed by atoms with E-state index in [0.717, 1.165) is 11.8 Å². The number of amides is 2. The molecule has 0 unspecified atom stereocenters. The summed E-state index contributed by atoms with van der Waals surface area (Å²) in [4.78, 5) is 25.3. The Balaban J connectivity index is 0.00000192. The number of likely N-dealkylation sites (tertiary alicyclic amines) is 1. The first-order valence-corrected chi connectivity index (χ1v) is 8.59. The third-order valence-electron chi connectivity index (χ3n) is 3.60. The maximum atomic E-state index is 12.2. The number of hydrogen-bond donors (Lipinski definition) is 0. The average Bonchev–Trinajstić information content (AvgIpc) is 2.98. The van der Waals surface area contributed by atoms with E-state index < -0.39 is 28.3 Å². The Morgan fingerprint density at radius 1 is 1.48 bits per heavy atom. The van der Waals surface area contributed by atoms with Crippen LogP contribution in [0.1, 0.15) is 6.42 Å². The van der Waals surface area contributed by atoms with E-state index in [1.807, 2.05) is 0 Å². The van der Waals surface area contributed by atoms with Gasteiger partial charge in [0.1, 0.15) is 6.04 Å². The van der Waals surface area contributed by atoms with E-state index >= 15 is 0 Å². The van der Waals surface area contributed by atoms with Crippen molar-refractivity contribution in [3.8, 4) is 0 Å². The molecule has 2 aliphatic heterocycles. The van der Waals surface area contributed by atoms with Crippen molar-refractivity contribution < 1.29 is 52.1 Å². The predicted molar refractivity (Wildman–Crippen MR) is 70.0 cm³/mol. The van der Waals surface area contributed by atoms with E-state index in [2.05, 4.69) is 15.5 Å². The van der Waals surface area contributed by atoms with Gasteiger partial charge < -0.3 is 9.45 Å². The molecule has 0 aliphatic carbocycles. The molecule has 1 aromatic rings. The summed E-state index contributed by atoms with van der Waals surface area (Å²) >= 11 is 1.11. The molecule has 0 N–H and O–H groups in total. The van der Waals surface area contributed by atoms with Crippen LogP contribution in [0.3, 0.4) is 0 Å². The van der Waals surface area contributed by atoms with Crippen LogP contribution in [-0.4, -0.2) is 78.6 Å². The number of rotatable bonds is 4. The number of carbonyl (C=O) groups excluding carboxylic acids is 2. The van der Waals surface area contributed by atoms with Crippen molar-refractivity contribution in [1.29, 1.82) is 0 Å². The molecular formula is C9H11N6NaO5S2. The van der Waals surface area contributed by atoms with Gasteiger partial charge in [0.25, 0.3) is 5.91 Å². The summed E-state index contributed by atoms with van der Waals surface area (Å²) in [6.45, 7) is 0.240. The van der Waals surface area contributed by atoms with Crippen molar-refractivity contribution >= 4 is 33.9 Å². The first-order chi connectivity index (χ1) is 10.3. The maximum Gasteiger partial charge on any atom is 1.00 e. The minimum atomic E-state index is -4.81. The van der Waals surface area contributed by atoms with Gasteiger partial charge in [-0.1, -0.05) is 11.8 Å². The Morgan fingerprint density at radius 2 is 2.17 bits per heavy atom. The number of carbonyl (C=O) groups is 2. The van der Waals surface area contributed by atoms with E-state index in [4.69, 9.17) is 0 Å². The fourth-order valence-corrected chi connectivity index (χ4v) is 4.26. The van der Waals surface area contributed by atoms with Gasteiger partial charge in [-0.3, -0.25) is 9.59 Å². The molecule has 2 aliphatic rings. The van der Waals surface area contributed by atoms with Crippen LogP contribution in [0.2, 0.25) is 0 Å². The third-order valence-corrected chi connectivity index (χ3v) is 5.53. The first kappa shape index (κ1) is 18.6. The van der Waals surface area contributed by atoms with Crippen molar-refractivity contribution in [3.63, 3.8) is 0 Å². The van der Waals surface area contributed by atoms with Crippen molar-refractivity contribution in [1.82, 2.24) is 29.4 Å². The van der Waals surface area contributed by atoms with Crippen LogP contribution in [0.5, 0.6) is 0 Å². The summed E-state index contributed by atoms with van der Waals surface area (Å²) in [6, 6.07) is -1.59. The van der Waals surface area contributed by atoms with Gasteiger partial charge in [-0.15, -0.1) is 5.10 Å². The number of aryl methyl sites for hydroxylation is 1. The second-order valence-electron chi connectivity index (χ2n) is 4.85. The summed E-state index contributed by atoms with van der Waals surface area (Å²) in [5.74, 6) is -1.14. The number of thioether (sulfide) groups is 1. The SMILES string of the molecule is Cn1nnnc1SCC(=O)N1CC[C@@H]2[C@H]1C(=O)N2S(=O)(=O)[O-].[Na+]. The molecule has 0 radical (unpaired) electrons. The molecule has 0 spiro atoms. The smallest absolute Gasteiger partial charge is 0.731 e. The normalized spacial score (nSPS) is 23.3. The molecule has 2 fully saturated rings. The molecule has 3 heterocycles. The molecule has 0 aromatic carbocycles. The standard InChI is InChI=1S/C9H12N6O5S2.Na/c1-13-9(10-11-12-13)21-4-6(16)14-3-2-5-7(14)8(17)15(5)22(18,19)20;/h5,7H,2-4H2,1H3,(H,18,19,20);/q;+1/p-1/t5-,7+;/m1./s1. The molecule has 2 amide bonds. The predicted octanol–water partition coefficient (Wildman–Crippen LogP) is -5.42. The molecule has 2 saturated heterocycles. The van der Waals surface area contributed by atoms with Crippen molar-refractivity contribution in [3.05, 3.63) is 0 Å². The van der Waals surface area contributed by atoms with Crippen molar-refractivity contribution in [2.24, 2.45) is 7.05 Å². The van der Waals surface area contributed by atoms with E-state index in [-0.39, 0.29) is 54.2 Å². The second kappa shape index (κ2) is 6.64. The molecule has 120 valence electrons. The van der Waals surface area contributed by atoms with Crippen LogP contribution in [-0.2, 0) is 26.9 Å². The summed E-state index contributed by atoms with van der Waals surface area (Å²) in [6.07, 6.45) is 0.278. The Labute approximate surface area is 157 Å². The molecule has 1 aromatic heterocycles. The summed E-state index contributed by atoms with van der Waals surface area (Å²) < 4.78 is 34.7. The first-order valence-electron chi connectivity index (χ1n) is 6.24. The summed E-state index contributed by atoms with van der Waals surface area (Å²) in [5.41, 5.74) is 0. The number of aromatic nitrogens is 4. The maximum absolute atomic E-state index is 12.2. The fraction of sp³-hybridized carbons (Fsp3) is 0.667. The van der Waals surface area contributed by atoms with Gasteiger partial charge in [0, 0.05) is 13.6 Å².